The van der Waals surface area contributed by atoms with Crippen LogP contribution in [0.4, 0.5) is 28.4 Å². The van der Waals surface area contributed by atoms with Gasteiger partial charge in [-0.2, -0.15) is 0 Å². The first-order valence-corrected chi connectivity index (χ1v) is 31.4. The summed E-state index contributed by atoms with van der Waals surface area (Å²) in [5, 5.41) is 0. The van der Waals surface area contributed by atoms with Gasteiger partial charge in [-0.05, 0) is 183 Å². The summed E-state index contributed by atoms with van der Waals surface area (Å²) in [6.07, 6.45) is 10.3. The molecule has 0 saturated heterocycles. The van der Waals surface area contributed by atoms with E-state index in [4.69, 9.17) is 0 Å². The molecule has 0 aromatic heterocycles. The van der Waals surface area contributed by atoms with E-state index in [2.05, 4.69) is 349 Å². The third-order valence-corrected chi connectivity index (χ3v) is 18.8. The predicted molar refractivity (Wildman–Crippen MR) is 368 cm³/mol. The molecule has 84 heavy (non-hydrogen) atoms. The SMILES string of the molecule is CC(C)(C)c1ccc(-c2ccc(N(C3=C4C=Cc5c(Br)cc(N(c6ccc(-c7ccc(C(C)(C)C)cc7)cc6)c6ccc(-c7ccc(C(C)(C)C)cc7)cc6)c6c5C4C(=CC6)C(Br)=C3)c3ccc(-c4ccc(C(C)(C)C)cc4)cc3)cc2)cc1. The van der Waals surface area contributed by atoms with Crippen LogP contribution in [0.5, 0.6) is 0 Å². The molecular weight excluding hydrogens is 1150 g/mol. The van der Waals surface area contributed by atoms with Gasteiger partial charge in [-0.15, -0.1) is 0 Å². The molecule has 0 radical (unpaired) electrons. The summed E-state index contributed by atoms with van der Waals surface area (Å²) in [6.45, 7) is 27.3. The summed E-state index contributed by atoms with van der Waals surface area (Å²) in [5.41, 5.74) is 28.4. The van der Waals surface area contributed by atoms with Gasteiger partial charge in [0.2, 0.25) is 0 Å². The van der Waals surface area contributed by atoms with Crippen molar-refractivity contribution < 1.29 is 0 Å². The van der Waals surface area contributed by atoms with Crippen LogP contribution in [-0.4, -0.2) is 0 Å². The lowest BCUT2D eigenvalue weighted by atomic mass is 9.69. The minimum absolute atomic E-state index is 0.0261. The van der Waals surface area contributed by atoms with Crippen molar-refractivity contribution in [1.82, 2.24) is 0 Å². The Morgan fingerprint density at radius 2 is 0.667 bits per heavy atom. The largest absolute Gasteiger partial charge is 0.310 e. The first kappa shape index (κ1) is 57.0. The number of benzene rings is 9. The molecule has 12 rings (SSSR count). The molecule has 3 aliphatic rings. The molecule has 9 aromatic rings. The average molecular weight is 1230 g/mol. The Hall–Kier alpha value is -7.50. The van der Waals surface area contributed by atoms with Crippen molar-refractivity contribution in [2.75, 3.05) is 9.80 Å². The Morgan fingerprint density at radius 1 is 0.369 bits per heavy atom. The van der Waals surface area contributed by atoms with Gasteiger partial charge in [0, 0.05) is 37.6 Å². The number of rotatable bonds is 10. The predicted octanol–water partition coefficient (Wildman–Crippen LogP) is 23.8. The fourth-order valence-electron chi connectivity index (χ4n) is 12.4. The van der Waals surface area contributed by atoms with Crippen LogP contribution in [0.1, 0.15) is 128 Å². The van der Waals surface area contributed by atoms with Crippen molar-refractivity contribution in [2.24, 2.45) is 0 Å². The lowest BCUT2D eigenvalue weighted by molar-refractivity contribution is 0.590. The van der Waals surface area contributed by atoms with Gasteiger partial charge in [0.05, 0.1) is 11.4 Å². The monoisotopic (exact) mass is 1220 g/mol. The smallest absolute Gasteiger partial charge is 0.0514 e. The summed E-state index contributed by atoms with van der Waals surface area (Å²) in [5.74, 6) is -0.0261. The summed E-state index contributed by atoms with van der Waals surface area (Å²) >= 11 is 8.47. The highest BCUT2D eigenvalue weighted by Crippen LogP contribution is 2.57. The van der Waals surface area contributed by atoms with Gasteiger partial charge < -0.3 is 9.80 Å². The fourth-order valence-corrected chi connectivity index (χ4v) is 13.5. The normalized spacial score (nSPS) is 14.9. The van der Waals surface area contributed by atoms with E-state index in [1.165, 1.54) is 94.6 Å². The molecule has 1 unspecified atom stereocenters. The summed E-state index contributed by atoms with van der Waals surface area (Å²) in [6, 6.07) is 75.4. The first-order chi connectivity index (χ1) is 40.0. The molecule has 0 amide bonds. The van der Waals surface area contributed by atoms with Gasteiger partial charge >= 0.3 is 0 Å². The fraction of sp³-hybridized carbons (Fsp3) is 0.225. The van der Waals surface area contributed by atoms with Crippen LogP contribution in [0.2, 0.25) is 0 Å². The van der Waals surface area contributed by atoms with Crippen molar-refractivity contribution in [3.05, 3.63) is 283 Å². The van der Waals surface area contributed by atoms with E-state index in [1.54, 1.807) is 0 Å². The number of allylic oxidation sites excluding steroid dienone is 6. The molecule has 0 saturated carbocycles. The maximum Gasteiger partial charge on any atom is 0.0514 e. The number of hydrogen-bond acceptors (Lipinski definition) is 2. The van der Waals surface area contributed by atoms with Crippen molar-refractivity contribution in [3.63, 3.8) is 0 Å². The maximum absolute atomic E-state index is 4.24. The van der Waals surface area contributed by atoms with E-state index in [-0.39, 0.29) is 27.6 Å². The Labute approximate surface area is 517 Å². The van der Waals surface area contributed by atoms with Gasteiger partial charge in [0.25, 0.3) is 0 Å². The third kappa shape index (κ3) is 11.1. The number of nitrogens with zero attached hydrogens (tertiary/aromatic N) is 2. The summed E-state index contributed by atoms with van der Waals surface area (Å²) < 4.78 is 2.18. The zero-order valence-electron chi connectivity index (χ0n) is 50.8. The highest BCUT2D eigenvalue weighted by atomic mass is 79.9. The van der Waals surface area contributed by atoms with Crippen LogP contribution < -0.4 is 9.80 Å². The second kappa shape index (κ2) is 21.8. The van der Waals surface area contributed by atoms with Crippen LogP contribution >= 0.6 is 31.9 Å². The molecule has 0 heterocycles. The van der Waals surface area contributed by atoms with Crippen LogP contribution in [0, 0.1) is 0 Å². The first-order valence-electron chi connectivity index (χ1n) is 29.8. The van der Waals surface area contributed by atoms with E-state index >= 15 is 0 Å². The molecule has 0 aliphatic heterocycles. The molecule has 2 nitrogen and oxygen atoms in total. The van der Waals surface area contributed by atoms with Crippen LogP contribution in [0.15, 0.2) is 244 Å². The topological polar surface area (TPSA) is 6.48 Å². The highest BCUT2D eigenvalue weighted by Gasteiger charge is 2.39. The molecule has 9 aromatic carbocycles. The molecule has 0 fully saturated rings. The number of halogens is 2. The van der Waals surface area contributed by atoms with Crippen molar-refractivity contribution in [2.45, 2.75) is 117 Å². The standard InChI is InChI=1S/C80H76Br2N2/c1-77(2,3)59-29-13-51(14-30-59)55-21-37-63(38-22-55)83(64-39-23-56(24-40-64)52-15-31-60(32-16-52)78(4,5)6)73-49-71(81)67-46-48-70-74(50-72(82)68-45-47-69(73)75(67)76(68)70)84(65-41-25-57(26-42-65)53-17-33-61(34-18-53)79(7,8)9)66-43-27-58(28-44-66)54-19-35-62(36-20-54)80(10,11)12/h13-47,49-50,75H,48H2,1-12H3. The molecule has 1 atom stereocenters. The van der Waals surface area contributed by atoms with Crippen molar-refractivity contribution in [1.29, 1.82) is 0 Å². The quantitative estimate of drug-likeness (QED) is 0.135. The second-order valence-electron chi connectivity index (χ2n) is 27.3. The zero-order valence-corrected chi connectivity index (χ0v) is 54.0. The Balaban J connectivity index is 0.981. The molecule has 4 heteroatoms. The van der Waals surface area contributed by atoms with Crippen LogP contribution in [0.25, 0.3) is 50.6 Å². The van der Waals surface area contributed by atoms with Crippen LogP contribution in [0.3, 0.4) is 0 Å². The van der Waals surface area contributed by atoms with Gasteiger partial charge in [-0.1, -0.05) is 279 Å². The summed E-state index contributed by atoms with van der Waals surface area (Å²) in [4.78, 5) is 4.95. The molecule has 420 valence electrons. The Morgan fingerprint density at radius 3 is 0.976 bits per heavy atom. The molecule has 0 bridgehead atoms. The molecule has 3 aliphatic carbocycles. The summed E-state index contributed by atoms with van der Waals surface area (Å²) in [7, 11) is 0. The van der Waals surface area contributed by atoms with E-state index in [0.717, 1.165) is 49.5 Å². The van der Waals surface area contributed by atoms with Gasteiger partial charge in [-0.3, -0.25) is 0 Å². The number of anilines is 5. The van der Waals surface area contributed by atoms with E-state index in [1.807, 2.05) is 0 Å². The molecule has 0 spiro atoms. The Bertz CT molecular complexity index is 3850. The lowest BCUT2D eigenvalue weighted by Crippen LogP contribution is -2.27. The molecule has 0 N–H and O–H groups in total. The van der Waals surface area contributed by atoms with E-state index in [9.17, 15) is 0 Å². The maximum atomic E-state index is 4.24. The van der Waals surface area contributed by atoms with Crippen LogP contribution in [-0.2, 0) is 28.1 Å². The number of hydrogen-bond donors (Lipinski definition) is 0. The average Bonchev–Trinajstić information content (AvgIpc) is 0.889. The van der Waals surface area contributed by atoms with E-state index in [0.29, 0.717) is 0 Å². The lowest BCUT2D eigenvalue weighted by Gasteiger charge is -2.41. The third-order valence-electron chi connectivity index (χ3n) is 17.5. The second-order valence-corrected chi connectivity index (χ2v) is 29.0. The van der Waals surface area contributed by atoms with E-state index < -0.39 is 0 Å². The minimum Gasteiger partial charge on any atom is -0.310 e. The highest BCUT2D eigenvalue weighted by molar-refractivity contribution is 9.12. The van der Waals surface area contributed by atoms with Gasteiger partial charge in [0.15, 0.2) is 0 Å². The zero-order chi connectivity index (χ0) is 59.0. The van der Waals surface area contributed by atoms with Crippen molar-refractivity contribution >= 4 is 66.4 Å². The van der Waals surface area contributed by atoms with Crippen molar-refractivity contribution in [3.8, 4) is 44.5 Å². The Kier molecular flexibility index (Phi) is 14.8. The van der Waals surface area contributed by atoms with Gasteiger partial charge in [0.1, 0.15) is 0 Å². The minimum atomic E-state index is -0.0261. The van der Waals surface area contributed by atoms with Gasteiger partial charge in [-0.25, -0.2) is 0 Å². The molecular formula is C80H76Br2N2.